The van der Waals surface area contributed by atoms with E-state index >= 15 is 0 Å². The normalized spacial score (nSPS) is 27.1. The zero-order chi connectivity index (χ0) is 16.8. The Morgan fingerprint density at radius 2 is 1.96 bits per heavy atom. The number of carbonyl (C=O) groups is 3. The second-order valence-corrected chi connectivity index (χ2v) is 7.90. The number of hydrogen-bond donors (Lipinski definition) is 1. The van der Waals surface area contributed by atoms with Crippen molar-refractivity contribution in [3.63, 3.8) is 0 Å². The van der Waals surface area contributed by atoms with Crippen LogP contribution < -0.4 is 4.90 Å². The molecule has 1 aromatic rings. The number of rotatable bonds is 5. The van der Waals surface area contributed by atoms with E-state index in [9.17, 15) is 14.4 Å². The van der Waals surface area contributed by atoms with Gasteiger partial charge in [-0.1, -0.05) is 6.92 Å². The maximum atomic E-state index is 12.5. The average Bonchev–Trinajstić information content (AvgIpc) is 3.27. The van der Waals surface area contributed by atoms with Crippen LogP contribution in [0.1, 0.15) is 42.7 Å². The molecule has 1 saturated carbocycles. The largest absolute Gasteiger partial charge is 0.338 e. The molecule has 128 valence electrons. The third-order valence-corrected chi connectivity index (χ3v) is 6.26. The summed E-state index contributed by atoms with van der Waals surface area (Å²) < 4.78 is 0. The van der Waals surface area contributed by atoms with Gasteiger partial charge in [-0.3, -0.25) is 14.5 Å². The lowest BCUT2D eigenvalue weighted by Crippen LogP contribution is -3.15. The van der Waals surface area contributed by atoms with Crippen molar-refractivity contribution in [2.75, 3.05) is 19.8 Å². The van der Waals surface area contributed by atoms with Crippen LogP contribution in [0.25, 0.3) is 0 Å². The third kappa shape index (κ3) is 2.46. The van der Waals surface area contributed by atoms with Gasteiger partial charge < -0.3 is 4.90 Å². The molecular formula is C17H22N3O3S+. The van der Waals surface area contributed by atoms with E-state index < -0.39 is 17.8 Å². The lowest BCUT2D eigenvalue weighted by atomic mass is 9.96. The van der Waals surface area contributed by atoms with E-state index in [1.54, 1.807) is 11.3 Å². The van der Waals surface area contributed by atoms with Gasteiger partial charge in [-0.05, 0) is 30.7 Å². The Morgan fingerprint density at radius 3 is 2.67 bits per heavy atom. The van der Waals surface area contributed by atoms with Crippen LogP contribution in [0.3, 0.4) is 0 Å². The van der Waals surface area contributed by atoms with E-state index in [1.807, 2.05) is 6.92 Å². The summed E-state index contributed by atoms with van der Waals surface area (Å²) >= 11 is 1.80. The highest BCUT2D eigenvalue weighted by molar-refractivity contribution is 7.10. The van der Waals surface area contributed by atoms with E-state index in [4.69, 9.17) is 0 Å². The number of nitrogens with zero attached hydrogens (tertiary/aromatic N) is 2. The van der Waals surface area contributed by atoms with Crippen molar-refractivity contribution in [3.8, 4) is 0 Å². The first-order valence-electron chi connectivity index (χ1n) is 8.70. The number of nitrogens with one attached hydrogen (secondary N) is 1. The molecule has 24 heavy (non-hydrogen) atoms. The van der Waals surface area contributed by atoms with Crippen molar-refractivity contribution in [3.05, 3.63) is 21.9 Å². The molecule has 1 unspecified atom stereocenters. The number of fused-ring (bicyclic) bond motifs is 1. The molecule has 0 aromatic carbocycles. The molecule has 1 aliphatic carbocycles. The number of urea groups is 1. The van der Waals surface area contributed by atoms with Gasteiger partial charge in [-0.2, -0.15) is 0 Å². The van der Waals surface area contributed by atoms with Gasteiger partial charge >= 0.3 is 17.8 Å². The Bertz CT molecular complexity index is 697. The molecule has 1 aromatic heterocycles. The maximum Gasteiger partial charge on any atom is 0.338 e. The molecule has 1 saturated heterocycles. The van der Waals surface area contributed by atoms with Crippen LogP contribution in [0.2, 0.25) is 0 Å². The third-order valence-electron chi connectivity index (χ3n) is 5.26. The van der Waals surface area contributed by atoms with Crippen LogP contribution in [-0.4, -0.2) is 47.4 Å². The summed E-state index contributed by atoms with van der Waals surface area (Å²) in [5, 5.41) is 2.14. The van der Waals surface area contributed by atoms with Crippen molar-refractivity contribution in [2.45, 2.75) is 38.6 Å². The van der Waals surface area contributed by atoms with Crippen molar-refractivity contribution in [2.24, 2.45) is 5.92 Å². The van der Waals surface area contributed by atoms with Crippen LogP contribution in [0.5, 0.6) is 0 Å². The minimum atomic E-state index is -0.669. The number of amides is 4. The first-order chi connectivity index (χ1) is 11.6. The molecule has 6 nitrogen and oxygen atoms in total. The highest BCUT2D eigenvalue weighted by atomic mass is 32.1. The molecule has 0 radical (unpaired) electrons. The molecule has 2 aliphatic heterocycles. The summed E-state index contributed by atoms with van der Waals surface area (Å²) in [6.07, 6.45) is 4.07. The summed E-state index contributed by atoms with van der Waals surface area (Å²) in [7, 11) is 0. The molecule has 0 spiro atoms. The van der Waals surface area contributed by atoms with E-state index in [-0.39, 0.29) is 0 Å². The van der Waals surface area contributed by atoms with Crippen molar-refractivity contribution in [1.82, 2.24) is 9.80 Å². The molecule has 1 N–H and O–H groups in total. The number of imide groups is 2. The van der Waals surface area contributed by atoms with Crippen molar-refractivity contribution >= 4 is 29.2 Å². The van der Waals surface area contributed by atoms with Crippen LogP contribution in [0, 0.1) is 5.92 Å². The molecule has 3 heterocycles. The Labute approximate surface area is 145 Å². The minimum absolute atomic E-state index is 0.306. The van der Waals surface area contributed by atoms with Gasteiger partial charge in [-0.25, -0.2) is 9.69 Å². The van der Waals surface area contributed by atoms with Gasteiger partial charge in [-0.15, -0.1) is 11.3 Å². The van der Waals surface area contributed by atoms with Crippen molar-refractivity contribution < 1.29 is 19.3 Å². The zero-order valence-electron chi connectivity index (χ0n) is 13.8. The number of carbonyl (C=O) groups excluding carboxylic acids is 3. The summed E-state index contributed by atoms with van der Waals surface area (Å²) in [5.41, 5.74) is 1.39. The monoisotopic (exact) mass is 348 g/mol. The van der Waals surface area contributed by atoms with Crippen LogP contribution in [-0.2, 0) is 16.0 Å². The lowest BCUT2D eigenvalue weighted by molar-refractivity contribution is -0.943. The van der Waals surface area contributed by atoms with Crippen LogP contribution in [0.4, 0.5) is 4.79 Å². The Kier molecular flexibility index (Phi) is 3.92. The highest BCUT2D eigenvalue weighted by Gasteiger charge is 2.49. The Hall–Kier alpha value is -1.73. The van der Waals surface area contributed by atoms with Gasteiger partial charge in [0.1, 0.15) is 6.04 Å². The van der Waals surface area contributed by atoms with Crippen LogP contribution in [0.15, 0.2) is 11.4 Å². The number of quaternary nitrogens is 1. The quantitative estimate of drug-likeness (QED) is 0.632. The fraction of sp³-hybridized carbons (Fsp3) is 0.588. The molecule has 0 bridgehead atoms. The zero-order valence-corrected chi connectivity index (χ0v) is 14.6. The molecule has 7 heteroatoms. The summed E-state index contributed by atoms with van der Waals surface area (Å²) in [6.45, 7) is 3.43. The number of hydrogen-bond acceptors (Lipinski definition) is 4. The topological polar surface area (TPSA) is 62.1 Å². The summed E-state index contributed by atoms with van der Waals surface area (Å²) in [6, 6.07) is 2.12. The van der Waals surface area contributed by atoms with Crippen molar-refractivity contribution in [1.29, 1.82) is 0 Å². The fourth-order valence-electron chi connectivity index (χ4n) is 3.99. The molecule has 2 atom stereocenters. The van der Waals surface area contributed by atoms with Gasteiger partial charge in [0.25, 0.3) is 0 Å². The molecular weight excluding hydrogens is 326 g/mol. The number of thiophene rings is 1. The molecule has 2 fully saturated rings. The predicted molar refractivity (Wildman–Crippen MR) is 88.4 cm³/mol. The minimum Gasteiger partial charge on any atom is -0.311 e. The van der Waals surface area contributed by atoms with Gasteiger partial charge in [0.2, 0.25) is 0 Å². The first kappa shape index (κ1) is 15.8. The lowest BCUT2D eigenvalue weighted by Gasteiger charge is -2.34. The average molecular weight is 348 g/mol. The smallest absolute Gasteiger partial charge is 0.311 e. The standard InChI is InChI=1S/C17H21N3O3S/c1-2-7-19-15(21)16(22)20(17(19)23)10-18-8-5-13-12(6-9-24-13)14(18)11-3-4-11/h6,9,11,14H,2-5,7-8,10H2,1H3/p+1/t14-/m1/s1. The Morgan fingerprint density at radius 1 is 1.21 bits per heavy atom. The molecule has 4 rings (SSSR count). The maximum absolute atomic E-state index is 12.5. The predicted octanol–water partition coefficient (Wildman–Crippen LogP) is 0.798. The van der Waals surface area contributed by atoms with E-state index in [0.29, 0.717) is 31.6 Å². The summed E-state index contributed by atoms with van der Waals surface area (Å²) in [5.74, 6) is -0.687. The van der Waals surface area contributed by atoms with Gasteiger partial charge in [0.05, 0.1) is 6.54 Å². The van der Waals surface area contributed by atoms with E-state index in [2.05, 4.69) is 11.4 Å². The molecule has 4 amide bonds. The van der Waals surface area contributed by atoms with E-state index in [0.717, 1.165) is 17.9 Å². The van der Waals surface area contributed by atoms with Gasteiger partial charge in [0.15, 0.2) is 6.67 Å². The van der Waals surface area contributed by atoms with E-state index in [1.165, 1.54) is 33.1 Å². The first-order valence-corrected chi connectivity index (χ1v) is 9.58. The van der Waals surface area contributed by atoms with Gasteiger partial charge in [0, 0.05) is 29.3 Å². The summed E-state index contributed by atoms with van der Waals surface area (Å²) in [4.78, 5) is 41.7. The fourth-order valence-corrected chi connectivity index (χ4v) is 4.92. The SMILES string of the molecule is CCCN1C(=O)C(=O)N(C[NH+]2CCc3sccc3[C@H]2C2CC2)C1=O. The van der Waals surface area contributed by atoms with Crippen LogP contribution >= 0.6 is 11.3 Å². The Balaban J connectivity index is 1.55. The second-order valence-electron chi connectivity index (χ2n) is 6.90. The highest BCUT2D eigenvalue weighted by Crippen LogP contribution is 2.42. The molecule has 3 aliphatic rings. The second kappa shape index (κ2) is 5.97.